The van der Waals surface area contributed by atoms with Crippen molar-refractivity contribution in [3.05, 3.63) is 36.1 Å². The minimum Gasteiger partial charge on any atom is -0.461 e. The number of carbonyl (C=O) groups is 2. The summed E-state index contributed by atoms with van der Waals surface area (Å²) in [4.78, 5) is 28.1. The first-order chi connectivity index (χ1) is 12.7. The van der Waals surface area contributed by atoms with Gasteiger partial charge >= 0.3 is 0 Å². The number of para-hydroxylation sites is 1. The van der Waals surface area contributed by atoms with Crippen LogP contribution < -0.4 is 0 Å². The highest BCUT2D eigenvalue weighted by molar-refractivity contribution is 5.83. The molecular weight excluding hydrogens is 336 g/mol. The van der Waals surface area contributed by atoms with Crippen LogP contribution in [0.5, 0.6) is 0 Å². The molecule has 138 valence electrons. The minimum absolute atomic E-state index is 0.0272. The van der Waals surface area contributed by atoms with Gasteiger partial charge in [-0.05, 0) is 18.6 Å². The van der Waals surface area contributed by atoms with Crippen LogP contribution in [0.4, 0.5) is 0 Å². The number of hydrogen-bond acceptors (Lipinski definition) is 5. The van der Waals surface area contributed by atoms with E-state index in [4.69, 9.17) is 14.3 Å². The van der Waals surface area contributed by atoms with Gasteiger partial charge in [0.1, 0.15) is 18.0 Å². The molecule has 0 bridgehead atoms. The molecule has 7 nitrogen and oxygen atoms in total. The van der Waals surface area contributed by atoms with Crippen molar-refractivity contribution in [1.29, 1.82) is 0 Å². The summed E-state index contributed by atoms with van der Waals surface area (Å²) in [6, 6.07) is 9.40. The third-order valence-corrected chi connectivity index (χ3v) is 5.19. The second-order valence-electron chi connectivity index (χ2n) is 6.78. The van der Waals surface area contributed by atoms with Gasteiger partial charge in [-0.15, -0.1) is 0 Å². The molecule has 2 aliphatic rings. The predicted octanol–water partition coefficient (Wildman–Crippen LogP) is 0.796. The Bertz CT molecular complexity index is 784. The Morgan fingerprint density at radius 2 is 2.04 bits per heavy atom. The molecule has 3 heterocycles. The van der Waals surface area contributed by atoms with Crippen molar-refractivity contribution in [1.82, 2.24) is 9.80 Å². The maximum absolute atomic E-state index is 12.9. The van der Waals surface area contributed by atoms with E-state index >= 15 is 0 Å². The number of likely N-dealkylation sites (tertiary alicyclic amines) is 1. The molecule has 1 N–H and O–H groups in total. The van der Waals surface area contributed by atoms with E-state index in [0.717, 1.165) is 11.0 Å². The van der Waals surface area contributed by atoms with Gasteiger partial charge < -0.3 is 24.1 Å². The smallest absolute Gasteiger partial charge is 0.248 e. The maximum Gasteiger partial charge on any atom is 0.248 e. The fourth-order valence-electron chi connectivity index (χ4n) is 3.88. The maximum atomic E-state index is 12.9. The molecule has 0 radical (unpaired) electrons. The molecule has 2 aliphatic heterocycles. The van der Waals surface area contributed by atoms with Crippen LogP contribution in [-0.2, 0) is 20.7 Å². The zero-order chi connectivity index (χ0) is 18.1. The van der Waals surface area contributed by atoms with Crippen molar-refractivity contribution < 1.29 is 23.8 Å². The fraction of sp³-hybridized carbons (Fsp3) is 0.474. The lowest BCUT2D eigenvalue weighted by Crippen LogP contribution is -2.62. The summed E-state index contributed by atoms with van der Waals surface area (Å²) in [6.45, 7) is 1.44. The van der Waals surface area contributed by atoms with Crippen LogP contribution in [-0.4, -0.2) is 71.7 Å². The third-order valence-electron chi connectivity index (χ3n) is 5.19. The second kappa shape index (κ2) is 7.09. The zero-order valence-electron chi connectivity index (χ0n) is 14.5. The Hall–Kier alpha value is -2.38. The van der Waals surface area contributed by atoms with E-state index in [1.54, 1.807) is 9.80 Å². The van der Waals surface area contributed by atoms with Gasteiger partial charge in [0.05, 0.1) is 25.2 Å². The molecule has 2 amide bonds. The minimum atomic E-state index is -0.509. The topological polar surface area (TPSA) is 83.2 Å². The monoisotopic (exact) mass is 358 g/mol. The summed E-state index contributed by atoms with van der Waals surface area (Å²) in [7, 11) is 0. The predicted molar refractivity (Wildman–Crippen MR) is 93.4 cm³/mol. The summed E-state index contributed by atoms with van der Waals surface area (Å²) < 4.78 is 11.6. The molecule has 1 aromatic heterocycles. The number of aliphatic hydroxyl groups excluding tert-OH is 1. The lowest BCUT2D eigenvalue weighted by Gasteiger charge is -2.46. The number of hydrogen-bond donors (Lipinski definition) is 1. The summed E-state index contributed by atoms with van der Waals surface area (Å²) in [5, 5.41) is 10.1. The molecule has 2 fully saturated rings. The number of ether oxygens (including phenoxy) is 1. The first-order valence-electron chi connectivity index (χ1n) is 8.93. The molecule has 1 aromatic carbocycles. The van der Waals surface area contributed by atoms with E-state index in [2.05, 4.69) is 0 Å². The Kier molecular flexibility index (Phi) is 4.65. The van der Waals surface area contributed by atoms with Gasteiger partial charge in [0.25, 0.3) is 0 Å². The van der Waals surface area contributed by atoms with Gasteiger partial charge in [-0.1, -0.05) is 18.2 Å². The average Bonchev–Trinajstić information content (AvgIpc) is 3.08. The van der Waals surface area contributed by atoms with Gasteiger partial charge in [0, 0.05) is 25.0 Å². The number of aliphatic hydroxyl groups is 1. The Morgan fingerprint density at radius 1 is 1.19 bits per heavy atom. The van der Waals surface area contributed by atoms with E-state index in [1.807, 2.05) is 30.3 Å². The fourth-order valence-corrected chi connectivity index (χ4v) is 3.88. The lowest BCUT2D eigenvalue weighted by atomic mass is 9.98. The van der Waals surface area contributed by atoms with Crippen LogP contribution >= 0.6 is 0 Å². The molecular formula is C19H22N2O5. The van der Waals surface area contributed by atoms with E-state index in [0.29, 0.717) is 38.4 Å². The second-order valence-corrected chi connectivity index (χ2v) is 6.78. The van der Waals surface area contributed by atoms with Gasteiger partial charge in [0.15, 0.2) is 0 Å². The van der Waals surface area contributed by atoms with E-state index in [1.165, 1.54) is 0 Å². The number of piperidine rings is 1. The van der Waals surface area contributed by atoms with Gasteiger partial charge in [-0.3, -0.25) is 9.59 Å². The van der Waals surface area contributed by atoms with Gasteiger partial charge in [0.2, 0.25) is 11.8 Å². The van der Waals surface area contributed by atoms with Crippen molar-refractivity contribution in [3.63, 3.8) is 0 Å². The largest absolute Gasteiger partial charge is 0.461 e. The molecule has 0 aliphatic carbocycles. The first kappa shape index (κ1) is 17.1. The number of rotatable bonds is 3. The van der Waals surface area contributed by atoms with Crippen LogP contribution in [0.15, 0.2) is 34.7 Å². The third kappa shape index (κ3) is 3.20. The molecule has 4 rings (SSSR count). The number of furan rings is 1. The molecule has 0 spiro atoms. The van der Waals surface area contributed by atoms with Crippen LogP contribution in [0, 0.1) is 0 Å². The summed E-state index contributed by atoms with van der Waals surface area (Å²) in [5.74, 6) is 0.303. The molecule has 2 saturated heterocycles. The van der Waals surface area contributed by atoms with E-state index in [-0.39, 0.29) is 30.4 Å². The van der Waals surface area contributed by atoms with Gasteiger partial charge in [-0.25, -0.2) is 0 Å². The molecule has 0 unspecified atom stereocenters. The summed E-state index contributed by atoms with van der Waals surface area (Å²) in [5.41, 5.74) is 0.771. The van der Waals surface area contributed by atoms with Crippen molar-refractivity contribution >= 4 is 22.8 Å². The Morgan fingerprint density at radius 3 is 2.85 bits per heavy atom. The lowest BCUT2D eigenvalue weighted by molar-refractivity contribution is -0.158. The number of carbonyl (C=O) groups excluding carboxylic acids is 2. The van der Waals surface area contributed by atoms with Crippen LogP contribution in [0.3, 0.4) is 0 Å². The highest BCUT2D eigenvalue weighted by Crippen LogP contribution is 2.25. The van der Waals surface area contributed by atoms with Crippen molar-refractivity contribution in [2.45, 2.75) is 25.0 Å². The molecule has 2 aromatic rings. The highest BCUT2D eigenvalue weighted by Gasteiger charge is 2.40. The van der Waals surface area contributed by atoms with Crippen molar-refractivity contribution in [3.8, 4) is 0 Å². The molecule has 0 saturated carbocycles. The molecule has 26 heavy (non-hydrogen) atoms. The van der Waals surface area contributed by atoms with E-state index < -0.39 is 6.61 Å². The van der Waals surface area contributed by atoms with Crippen molar-refractivity contribution in [2.75, 3.05) is 32.8 Å². The quantitative estimate of drug-likeness (QED) is 0.877. The number of benzene rings is 1. The average molecular weight is 358 g/mol. The van der Waals surface area contributed by atoms with Gasteiger partial charge in [-0.2, -0.15) is 0 Å². The standard InChI is InChI=1S/C19H22N2O5/c22-12-19(24)20-6-5-17-15(11-20)21(7-8-25-17)18(23)10-14-9-13-3-1-2-4-16(13)26-14/h1-4,9,15,17,22H,5-8,10-12H2/t15-,17+/m1/s1. The number of fused-ring (bicyclic) bond motifs is 2. The summed E-state index contributed by atoms with van der Waals surface area (Å²) >= 11 is 0. The SMILES string of the molecule is O=C(CO)N1CC[C@@H]2OCCN(C(=O)Cc3cc4ccccc4o3)[C@@H]2C1. The van der Waals surface area contributed by atoms with Crippen LogP contribution in [0.25, 0.3) is 11.0 Å². The first-order valence-corrected chi connectivity index (χ1v) is 8.93. The number of nitrogens with zero attached hydrogens (tertiary/aromatic N) is 2. The van der Waals surface area contributed by atoms with Crippen molar-refractivity contribution in [2.24, 2.45) is 0 Å². The normalized spacial score (nSPS) is 23.1. The zero-order valence-corrected chi connectivity index (χ0v) is 14.5. The van der Waals surface area contributed by atoms with Crippen LogP contribution in [0.1, 0.15) is 12.2 Å². The molecule has 7 heteroatoms. The van der Waals surface area contributed by atoms with Crippen LogP contribution in [0.2, 0.25) is 0 Å². The van der Waals surface area contributed by atoms with E-state index in [9.17, 15) is 9.59 Å². The number of morpholine rings is 1. The molecule has 2 atom stereocenters. The Labute approximate surface area is 151 Å². The highest BCUT2D eigenvalue weighted by atomic mass is 16.5. The summed E-state index contributed by atoms with van der Waals surface area (Å²) in [6.07, 6.45) is 0.794. The Balaban J connectivity index is 1.49. The number of amides is 2.